The number of rotatable bonds is 8. The Balaban J connectivity index is 1.26. The Morgan fingerprint density at radius 2 is 2.02 bits per heavy atom. The van der Waals surface area contributed by atoms with Crippen molar-refractivity contribution in [1.29, 1.82) is 0 Å². The maximum Gasteiger partial charge on any atom is 0.244 e. The number of para-hydroxylation sites is 1. The van der Waals surface area contributed by atoms with E-state index >= 15 is 4.39 Å². The van der Waals surface area contributed by atoms with E-state index in [0.29, 0.717) is 16.8 Å². The summed E-state index contributed by atoms with van der Waals surface area (Å²) in [5.74, 6) is -0.451. The highest BCUT2D eigenvalue weighted by Gasteiger charge is 2.29. The molecule has 0 spiro atoms. The van der Waals surface area contributed by atoms with Crippen LogP contribution in [0.2, 0.25) is 0 Å². The number of H-pyrrole nitrogens is 2. The zero-order chi connectivity index (χ0) is 27.6. The summed E-state index contributed by atoms with van der Waals surface area (Å²) < 4.78 is 20.4. The van der Waals surface area contributed by atoms with Crippen LogP contribution < -0.4 is 10.6 Å². The van der Waals surface area contributed by atoms with Crippen LogP contribution in [0.5, 0.6) is 0 Å². The quantitative estimate of drug-likeness (QED) is 0.234. The summed E-state index contributed by atoms with van der Waals surface area (Å²) in [6.07, 6.45) is 4.58. The van der Waals surface area contributed by atoms with Crippen molar-refractivity contribution in [3.8, 4) is 11.3 Å². The summed E-state index contributed by atoms with van der Waals surface area (Å²) in [7, 11) is 3.68. The van der Waals surface area contributed by atoms with Crippen molar-refractivity contribution in [3.05, 3.63) is 60.8 Å². The van der Waals surface area contributed by atoms with Gasteiger partial charge in [-0.25, -0.2) is 14.4 Å². The van der Waals surface area contributed by atoms with Crippen molar-refractivity contribution in [3.63, 3.8) is 0 Å². The minimum atomic E-state index is -0.555. The van der Waals surface area contributed by atoms with E-state index in [1.54, 1.807) is 19.5 Å². The molecule has 40 heavy (non-hydrogen) atoms. The van der Waals surface area contributed by atoms with Gasteiger partial charge in [-0.1, -0.05) is 12.1 Å². The number of piperazine rings is 1. The number of amides is 1. The Morgan fingerprint density at radius 3 is 2.85 bits per heavy atom. The minimum absolute atomic E-state index is 0.143. The second-order valence-electron chi connectivity index (χ2n) is 9.92. The number of likely N-dealkylation sites (N-methyl/N-ethyl adjacent to an activating group) is 1. The maximum absolute atomic E-state index is 15.0. The number of aromatic amines is 2. The van der Waals surface area contributed by atoms with E-state index in [9.17, 15) is 4.79 Å². The molecular formula is C28H30FN9O2. The molecular weight excluding hydrogens is 513 g/mol. The molecule has 0 unspecified atom stereocenters. The number of aromatic nitrogens is 5. The first kappa shape index (κ1) is 25.9. The number of anilines is 3. The molecule has 1 aliphatic rings. The van der Waals surface area contributed by atoms with E-state index in [0.717, 1.165) is 54.4 Å². The summed E-state index contributed by atoms with van der Waals surface area (Å²) in [5.41, 5.74) is 3.58. The van der Waals surface area contributed by atoms with Crippen molar-refractivity contribution in [1.82, 2.24) is 34.9 Å². The first-order chi connectivity index (χ1) is 19.5. The maximum atomic E-state index is 15.0. The molecule has 206 valence electrons. The summed E-state index contributed by atoms with van der Waals surface area (Å²) in [5, 5.41) is 14.9. The molecule has 3 aromatic heterocycles. The van der Waals surface area contributed by atoms with Crippen LogP contribution in [-0.4, -0.2) is 93.8 Å². The lowest BCUT2D eigenvalue weighted by atomic mass is 10.1. The number of hydrogen-bond donors (Lipinski definition) is 4. The fourth-order valence-corrected chi connectivity index (χ4v) is 5.07. The molecule has 12 heteroatoms. The molecule has 1 atom stereocenters. The van der Waals surface area contributed by atoms with Crippen LogP contribution in [0.4, 0.5) is 21.7 Å². The predicted octanol–water partition coefficient (Wildman–Crippen LogP) is 3.58. The van der Waals surface area contributed by atoms with Crippen molar-refractivity contribution in [2.45, 2.75) is 6.04 Å². The van der Waals surface area contributed by atoms with Gasteiger partial charge in [-0.3, -0.25) is 14.8 Å². The number of nitrogens with zero attached hydrogens (tertiary/aromatic N) is 5. The second kappa shape index (κ2) is 11.0. The van der Waals surface area contributed by atoms with E-state index in [-0.39, 0.29) is 24.2 Å². The van der Waals surface area contributed by atoms with Gasteiger partial charge in [0.2, 0.25) is 11.9 Å². The molecule has 6 rings (SSSR count). The number of halogens is 1. The number of ether oxygens (including phenoxy) is 1. The third-order valence-electron chi connectivity index (χ3n) is 7.28. The first-order valence-corrected chi connectivity index (χ1v) is 13.1. The summed E-state index contributed by atoms with van der Waals surface area (Å²) in [6, 6.07) is 10.8. The number of nitrogens with one attached hydrogen (secondary N) is 4. The average molecular weight is 544 g/mol. The first-order valence-electron chi connectivity index (χ1n) is 13.1. The zero-order valence-corrected chi connectivity index (χ0v) is 22.2. The van der Waals surface area contributed by atoms with Gasteiger partial charge in [-0.05, 0) is 31.3 Å². The fourth-order valence-electron chi connectivity index (χ4n) is 5.07. The van der Waals surface area contributed by atoms with Crippen LogP contribution >= 0.6 is 0 Å². The molecule has 0 aliphatic carbocycles. The topological polar surface area (TPSA) is 127 Å². The van der Waals surface area contributed by atoms with Gasteiger partial charge in [0, 0.05) is 61.5 Å². The number of benzene rings is 2. The molecule has 0 bridgehead atoms. The Bertz CT molecular complexity index is 1660. The summed E-state index contributed by atoms with van der Waals surface area (Å²) >= 11 is 0. The molecule has 1 aliphatic heterocycles. The van der Waals surface area contributed by atoms with Crippen LogP contribution in [0.15, 0.2) is 55.0 Å². The van der Waals surface area contributed by atoms with E-state index in [1.165, 1.54) is 0 Å². The van der Waals surface area contributed by atoms with E-state index in [4.69, 9.17) is 4.74 Å². The SMILES string of the molecule is COC[C@H](C(=O)Nc1cccc2c(-c3nc(Nc4ccc5cn[nH]c5c4)ncc3F)c[nH]c12)N1CCN(C)CC1. The number of methoxy groups -OCH3 is 1. The lowest BCUT2D eigenvalue weighted by Crippen LogP contribution is -2.54. The number of hydrogen-bond acceptors (Lipinski definition) is 8. The highest BCUT2D eigenvalue weighted by molar-refractivity contribution is 6.06. The van der Waals surface area contributed by atoms with Gasteiger partial charge in [0.1, 0.15) is 11.7 Å². The van der Waals surface area contributed by atoms with Gasteiger partial charge in [0.25, 0.3) is 0 Å². The Labute approximate surface area is 229 Å². The summed E-state index contributed by atoms with van der Waals surface area (Å²) in [4.78, 5) is 29.6. The smallest absolute Gasteiger partial charge is 0.244 e. The van der Waals surface area contributed by atoms with Crippen molar-refractivity contribution in [2.75, 3.05) is 57.6 Å². The minimum Gasteiger partial charge on any atom is -0.383 e. The highest BCUT2D eigenvalue weighted by atomic mass is 19.1. The third kappa shape index (κ3) is 5.11. The number of fused-ring (bicyclic) bond motifs is 2. The standard InChI is InChI=1S/C28H30FN9O2/c1-37-8-10-38(11-9-37)24(16-40-2)27(39)34-22-5-3-4-19-20(14-30-26(19)22)25-21(29)15-31-28(35-25)33-18-7-6-17-13-32-36-23(17)12-18/h3-7,12-15,24,30H,8-11,16H2,1-2H3,(H,32,36)(H,34,39)(H,31,33,35)/t24-/m1/s1. The van der Waals surface area contributed by atoms with Gasteiger partial charge >= 0.3 is 0 Å². The van der Waals surface area contributed by atoms with E-state index in [2.05, 4.69) is 52.6 Å². The molecule has 5 aromatic rings. The van der Waals surface area contributed by atoms with Crippen LogP contribution in [0.1, 0.15) is 0 Å². The van der Waals surface area contributed by atoms with Crippen molar-refractivity contribution < 1.29 is 13.9 Å². The lowest BCUT2D eigenvalue weighted by Gasteiger charge is -2.36. The van der Waals surface area contributed by atoms with Gasteiger partial charge in [0.15, 0.2) is 5.82 Å². The molecule has 2 aromatic carbocycles. The molecule has 0 saturated carbocycles. The summed E-state index contributed by atoms with van der Waals surface area (Å²) in [6.45, 7) is 3.64. The Kier molecular flexibility index (Phi) is 7.11. The van der Waals surface area contributed by atoms with Gasteiger partial charge in [0.05, 0.1) is 35.7 Å². The highest BCUT2D eigenvalue weighted by Crippen LogP contribution is 2.33. The molecule has 4 heterocycles. The molecule has 11 nitrogen and oxygen atoms in total. The van der Waals surface area contributed by atoms with Gasteiger partial charge in [-0.15, -0.1) is 0 Å². The fraction of sp³-hybridized carbons (Fsp3) is 0.286. The molecule has 1 fully saturated rings. The van der Waals surface area contributed by atoms with Crippen molar-refractivity contribution >= 4 is 45.0 Å². The van der Waals surface area contributed by atoms with Crippen molar-refractivity contribution in [2.24, 2.45) is 0 Å². The van der Waals surface area contributed by atoms with E-state index in [1.807, 2.05) is 36.4 Å². The predicted molar refractivity (Wildman–Crippen MR) is 152 cm³/mol. The number of carbonyl (C=O) groups is 1. The molecule has 1 saturated heterocycles. The van der Waals surface area contributed by atoms with E-state index < -0.39 is 11.9 Å². The zero-order valence-electron chi connectivity index (χ0n) is 22.2. The van der Waals surface area contributed by atoms with Crippen LogP contribution in [-0.2, 0) is 9.53 Å². The van der Waals surface area contributed by atoms with Crippen LogP contribution in [0.3, 0.4) is 0 Å². The second-order valence-corrected chi connectivity index (χ2v) is 9.92. The monoisotopic (exact) mass is 543 g/mol. The largest absolute Gasteiger partial charge is 0.383 e. The molecule has 0 radical (unpaired) electrons. The molecule has 1 amide bonds. The lowest BCUT2D eigenvalue weighted by molar-refractivity contribution is -0.124. The number of carbonyl (C=O) groups excluding carboxylic acids is 1. The third-order valence-corrected chi connectivity index (χ3v) is 7.28. The van der Waals surface area contributed by atoms with Gasteiger partial charge < -0.3 is 25.3 Å². The Hall–Kier alpha value is -4.39. The van der Waals surface area contributed by atoms with Gasteiger partial charge in [-0.2, -0.15) is 5.10 Å². The van der Waals surface area contributed by atoms with Crippen LogP contribution in [0.25, 0.3) is 33.1 Å². The molecule has 4 N–H and O–H groups in total. The normalized spacial score (nSPS) is 15.5. The average Bonchev–Trinajstić information content (AvgIpc) is 3.61. The van der Waals surface area contributed by atoms with Crippen LogP contribution in [0, 0.1) is 5.82 Å². The Morgan fingerprint density at radius 1 is 1.18 bits per heavy atom.